The number of nitrogens with one attached hydrogen (secondary N) is 2. The van der Waals surface area contributed by atoms with Crippen molar-refractivity contribution in [3.63, 3.8) is 0 Å². The standard InChI is InChI=1S/C42H82N2O15/c1-37(2)9-7-6-8-10-41(46)44-39(42(47)38(3)4)11-12-40(45)43-13-14-49-17-18-51-21-22-53-25-26-55-29-30-57-33-34-59-36-35-58-32-31-56-28-27-54-24-23-52-20-19-50-16-15-48-5/h37-39H,6-36H2,1-5H3,(H,43,45)(H,44,46)/t39-/m0/s1. The summed E-state index contributed by atoms with van der Waals surface area (Å²) >= 11 is 0. The fourth-order valence-electron chi connectivity index (χ4n) is 5.04. The van der Waals surface area contributed by atoms with Crippen LogP contribution in [-0.4, -0.2) is 189 Å². The van der Waals surface area contributed by atoms with Gasteiger partial charge in [-0.05, 0) is 18.8 Å². The molecule has 0 aromatic heterocycles. The minimum absolute atomic E-state index is 0.0561. The van der Waals surface area contributed by atoms with E-state index in [0.717, 1.165) is 25.7 Å². The number of ether oxygens (including phenoxy) is 12. The van der Waals surface area contributed by atoms with Crippen LogP contribution in [0.4, 0.5) is 0 Å². The molecule has 1 atom stereocenters. The molecule has 0 fully saturated rings. The Morgan fingerprint density at radius 1 is 0.407 bits per heavy atom. The Morgan fingerprint density at radius 2 is 0.763 bits per heavy atom. The first-order valence-corrected chi connectivity index (χ1v) is 21.7. The molecule has 0 aromatic carbocycles. The summed E-state index contributed by atoms with van der Waals surface area (Å²) in [5, 5.41) is 5.66. The summed E-state index contributed by atoms with van der Waals surface area (Å²) in [6.45, 7) is 19.5. The first-order valence-electron chi connectivity index (χ1n) is 21.7. The third-order valence-corrected chi connectivity index (χ3v) is 8.31. The molecule has 17 nitrogen and oxygen atoms in total. The van der Waals surface area contributed by atoms with E-state index < -0.39 is 6.04 Å². The van der Waals surface area contributed by atoms with Gasteiger partial charge in [0, 0.05) is 32.4 Å². The van der Waals surface area contributed by atoms with E-state index in [4.69, 9.17) is 56.8 Å². The van der Waals surface area contributed by atoms with Crippen LogP contribution in [0.2, 0.25) is 0 Å². The fourth-order valence-corrected chi connectivity index (χ4v) is 5.04. The summed E-state index contributed by atoms with van der Waals surface area (Å²) in [5.41, 5.74) is 0. The van der Waals surface area contributed by atoms with Gasteiger partial charge in [0.1, 0.15) is 0 Å². The van der Waals surface area contributed by atoms with Crippen LogP contribution in [-0.2, 0) is 71.2 Å². The quantitative estimate of drug-likeness (QED) is 0.0851. The highest BCUT2D eigenvalue weighted by atomic mass is 16.6. The predicted molar refractivity (Wildman–Crippen MR) is 223 cm³/mol. The minimum Gasteiger partial charge on any atom is -0.382 e. The van der Waals surface area contributed by atoms with Crippen LogP contribution in [0.25, 0.3) is 0 Å². The smallest absolute Gasteiger partial charge is 0.220 e. The third kappa shape index (κ3) is 44.0. The van der Waals surface area contributed by atoms with Gasteiger partial charge >= 0.3 is 0 Å². The SMILES string of the molecule is COCCOCCOCCOCCOCCOCCOCCOCCOCCOCCOCCOCCNC(=O)CC[C@H](NC(=O)CCCCCC(C)C)C(=O)C(C)C. The molecule has 0 bridgehead atoms. The summed E-state index contributed by atoms with van der Waals surface area (Å²) in [7, 11) is 1.64. The molecule has 0 radical (unpaired) electrons. The van der Waals surface area contributed by atoms with Crippen molar-refractivity contribution in [1.82, 2.24) is 10.6 Å². The van der Waals surface area contributed by atoms with Gasteiger partial charge in [-0.3, -0.25) is 14.4 Å². The number of Topliss-reactive ketones (excluding diaryl/α,β-unsaturated/α-hetero) is 1. The molecule has 0 saturated heterocycles. The number of ketones is 1. The minimum atomic E-state index is -0.653. The molecular weight excluding hydrogens is 772 g/mol. The van der Waals surface area contributed by atoms with Crippen molar-refractivity contribution < 1.29 is 71.2 Å². The highest BCUT2D eigenvalue weighted by Crippen LogP contribution is 2.11. The van der Waals surface area contributed by atoms with E-state index in [1.165, 1.54) is 0 Å². The van der Waals surface area contributed by atoms with E-state index in [1.54, 1.807) is 21.0 Å². The van der Waals surface area contributed by atoms with Crippen LogP contribution in [0.15, 0.2) is 0 Å². The zero-order valence-corrected chi connectivity index (χ0v) is 37.3. The van der Waals surface area contributed by atoms with Crippen molar-refractivity contribution in [1.29, 1.82) is 0 Å². The number of carbonyl (C=O) groups is 3. The van der Waals surface area contributed by atoms with Crippen molar-refractivity contribution >= 4 is 17.6 Å². The lowest BCUT2D eigenvalue weighted by molar-refractivity contribution is -0.130. The van der Waals surface area contributed by atoms with Crippen molar-refractivity contribution in [3.05, 3.63) is 0 Å². The summed E-state index contributed by atoms with van der Waals surface area (Å²) in [6, 6.07) is -0.653. The van der Waals surface area contributed by atoms with Gasteiger partial charge in [0.15, 0.2) is 5.78 Å². The molecule has 0 spiro atoms. The molecule has 0 aliphatic heterocycles. The van der Waals surface area contributed by atoms with Crippen LogP contribution >= 0.6 is 0 Å². The molecule has 350 valence electrons. The largest absolute Gasteiger partial charge is 0.382 e. The number of rotatable bonds is 48. The summed E-state index contributed by atoms with van der Waals surface area (Å²) in [5.74, 6) is 0.0606. The van der Waals surface area contributed by atoms with Gasteiger partial charge in [-0.15, -0.1) is 0 Å². The van der Waals surface area contributed by atoms with Crippen LogP contribution in [0, 0.1) is 11.8 Å². The van der Waals surface area contributed by atoms with Crippen LogP contribution in [0.5, 0.6) is 0 Å². The van der Waals surface area contributed by atoms with Gasteiger partial charge in [0.05, 0.1) is 158 Å². The normalized spacial score (nSPS) is 12.1. The molecule has 0 saturated carbocycles. The lowest BCUT2D eigenvalue weighted by Crippen LogP contribution is -2.43. The first kappa shape index (κ1) is 57.1. The summed E-state index contributed by atoms with van der Waals surface area (Å²) in [6.07, 6.45) is 4.86. The Bertz CT molecular complexity index is 932. The number of amides is 2. The lowest BCUT2D eigenvalue weighted by atomic mass is 9.97. The number of hydrogen-bond donors (Lipinski definition) is 2. The lowest BCUT2D eigenvalue weighted by Gasteiger charge is -2.19. The van der Waals surface area contributed by atoms with Crippen molar-refractivity contribution in [3.8, 4) is 0 Å². The van der Waals surface area contributed by atoms with Crippen molar-refractivity contribution in [2.45, 2.75) is 78.7 Å². The number of unbranched alkanes of at least 4 members (excludes halogenated alkanes) is 2. The zero-order valence-electron chi connectivity index (χ0n) is 37.3. The summed E-state index contributed by atoms with van der Waals surface area (Å²) < 4.78 is 65.0. The van der Waals surface area contributed by atoms with Crippen LogP contribution in [0.1, 0.15) is 72.6 Å². The number of methoxy groups -OCH3 is 1. The van der Waals surface area contributed by atoms with Crippen LogP contribution in [0.3, 0.4) is 0 Å². The maximum atomic E-state index is 12.7. The Balaban J connectivity index is 3.43. The predicted octanol–water partition coefficient (Wildman–Crippen LogP) is 3.03. The van der Waals surface area contributed by atoms with E-state index >= 15 is 0 Å². The van der Waals surface area contributed by atoms with Gasteiger partial charge in [0.2, 0.25) is 11.8 Å². The molecule has 17 heteroatoms. The molecular formula is C42H82N2O15. The number of carbonyl (C=O) groups excluding carboxylic acids is 3. The Hall–Kier alpha value is -1.87. The zero-order chi connectivity index (χ0) is 43.3. The van der Waals surface area contributed by atoms with Gasteiger partial charge in [0.25, 0.3) is 0 Å². The first-order chi connectivity index (χ1) is 28.8. The molecule has 0 heterocycles. The second kappa shape index (κ2) is 45.7. The van der Waals surface area contributed by atoms with E-state index in [1.807, 2.05) is 0 Å². The average Bonchev–Trinajstić information content (AvgIpc) is 3.21. The van der Waals surface area contributed by atoms with Gasteiger partial charge in [-0.1, -0.05) is 47.0 Å². The maximum absolute atomic E-state index is 12.7. The van der Waals surface area contributed by atoms with E-state index in [-0.39, 0.29) is 36.4 Å². The van der Waals surface area contributed by atoms with Gasteiger partial charge in [-0.25, -0.2) is 0 Å². The highest BCUT2D eigenvalue weighted by molar-refractivity contribution is 5.90. The van der Waals surface area contributed by atoms with E-state index in [0.29, 0.717) is 171 Å². The molecule has 0 unspecified atom stereocenters. The fraction of sp³-hybridized carbons (Fsp3) is 0.929. The second-order valence-electron chi connectivity index (χ2n) is 14.3. The molecule has 0 aliphatic rings. The molecule has 59 heavy (non-hydrogen) atoms. The monoisotopic (exact) mass is 855 g/mol. The Labute approximate surface area is 355 Å². The van der Waals surface area contributed by atoms with Gasteiger partial charge in [-0.2, -0.15) is 0 Å². The summed E-state index contributed by atoms with van der Waals surface area (Å²) in [4.78, 5) is 37.4. The van der Waals surface area contributed by atoms with E-state index in [9.17, 15) is 14.4 Å². The maximum Gasteiger partial charge on any atom is 0.220 e. The van der Waals surface area contributed by atoms with Crippen molar-refractivity contribution in [2.75, 3.05) is 166 Å². The third-order valence-electron chi connectivity index (χ3n) is 8.31. The molecule has 2 N–H and O–H groups in total. The van der Waals surface area contributed by atoms with Crippen molar-refractivity contribution in [2.24, 2.45) is 11.8 Å². The molecule has 0 aliphatic carbocycles. The Morgan fingerprint density at radius 3 is 1.10 bits per heavy atom. The number of hydrogen-bond acceptors (Lipinski definition) is 15. The van der Waals surface area contributed by atoms with Crippen LogP contribution < -0.4 is 10.6 Å². The average molecular weight is 855 g/mol. The molecule has 0 aromatic rings. The van der Waals surface area contributed by atoms with Gasteiger partial charge < -0.3 is 67.5 Å². The Kier molecular flexibility index (Phi) is 44.2. The topological polar surface area (TPSA) is 186 Å². The second-order valence-corrected chi connectivity index (χ2v) is 14.3. The molecule has 0 rings (SSSR count). The molecule has 2 amide bonds. The highest BCUT2D eigenvalue weighted by Gasteiger charge is 2.23. The van der Waals surface area contributed by atoms with E-state index in [2.05, 4.69) is 24.5 Å².